The van der Waals surface area contributed by atoms with E-state index in [9.17, 15) is 4.57 Å². The van der Waals surface area contributed by atoms with Gasteiger partial charge < -0.3 is 4.52 Å². The zero-order valence-electron chi connectivity index (χ0n) is 5.28. The number of nitrogens with zero attached hydrogens (tertiary/aromatic N) is 2. The highest BCUT2D eigenvalue weighted by Gasteiger charge is 2.16. The lowest BCUT2D eigenvalue weighted by Crippen LogP contribution is -1.92. The van der Waals surface area contributed by atoms with Crippen LogP contribution in [-0.2, 0) is 4.57 Å². The zero-order valence-corrected chi connectivity index (χ0v) is 6.18. The summed E-state index contributed by atoms with van der Waals surface area (Å²) < 4.78 is 14.3. The Morgan fingerprint density at radius 3 is 2.64 bits per heavy atom. The lowest BCUT2D eigenvalue weighted by atomic mass is 10.7. The average molecular weight is 176 g/mol. The third-order valence-electron chi connectivity index (χ3n) is 0.752. The molecule has 0 unspecified atom stereocenters. The topological polar surface area (TPSA) is 92.5 Å². The van der Waals surface area contributed by atoms with Crippen LogP contribution in [-0.4, -0.2) is 19.8 Å². The fraction of sp³-hybridized carbons (Fsp3) is 0. The van der Waals surface area contributed by atoms with E-state index in [-0.39, 0.29) is 5.88 Å². The number of hydrogen-bond donors (Lipinski definition) is 2. The van der Waals surface area contributed by atoms with Gasteiger partial charge in [0, 0.05) is 12.4 Å². The number of hydrogen-bond acceptors (Lipinski definition) is 4. The van der Waals surface area contributed by atoms with Gasteiger partial charge in [-0.1, -0.05) is 0 Å². The standard InChI is InChI=1S/C4H5N2O4P/c7-11(8,9)10-4-3-5-1-2-6-4/h1-3H,(H2,7,8,9). The van der Waals surface area contributed by atoms with Gasteiger partial charge in [-0.3, -0.25) is 14.8 Å². The van der Waals surface area contributed by atoms with Crippen LogP contribution >= 0.6 is 7.82 Å². The fourth-order valence-electron chi connectivity index (χ4n) is 0.454. The van der Waals surface area contributed by atoms with Gasteiger partial charge in [0.2, 0.25) is 5.88 Å². The van der Waals surface area contributed by atoms with Crippen LogP contribution in [0.3, 0.4) is 0 Å². The van der Waals surface area contributed by atoms with Crippen molar-refractivity contribution in [3.63, 3.8) is 0 Å². The smallest absolute Gasteiger partial charge is 0.384 e. The summed E-state index contributed by atoms with van der Waals surface area (Å²) in [6, 6.07) is 0. The summed E-state index contributed by atoms with van der Waals surface area (Å²) >= 11 is 0. The molecule has 11 heavy (non-hydrogen) atoms. The molecule has 0 aliphatic carbocycles. The largest absolute Gasteiger partial charge is 0.526 e. The van der Waals surface area contributed by atoms with Crippen molar-refractivity contribution in [3.05, 3.63) is 18.6 Å². The van der Waals surface area contributed by atoms with Crippen LogP contribution in [0.1, 0.15) is 0 Å². The van der Waals surface area contributed by atoms with Gasteiger partial charge in [0.1, 0.15) is 0 Å². The van der Waals surface area contributed by atoms with Crippen LogP contribution in [0.5, 0.6) is 5.88 Å². The Labute approximate surface area is 62.1 Å². The minimum Gasteiger partial charge on any atom is -0.384 e. The van der Waals surface area contributed by atoms with Crippen LogP contribution in [0.2, 0.25) is 0 Å². The third-order valence-corrected chi connectivity index (χ3v) is 1.18. The van der Waals surface area contributed by atoms with Crippen LogP contribution in [0, 0.1) is 0 Å². The molecule has 0 spiro atoms. The Bertz CT molecular complexity index is 271. The van der Waals surface area contributed by atoms with Crippen molar-refractivity contribution < 1.29 is 18.9 Å². The van der Waals surface area contributed by atoms with E-state index in [0.717, 1.165) is 6.20 Å². The molecule has 6 nitrogen and oxygen atoms in total. The van der Waals surface area contributed by atoms with Crippen LogP contribution in [0.4, 0.5) is 0 Å². The normalized spacial score (nSPS) is 11.1. The van der Waals surface area contributed by atoms with Crippen molar-refractivity contribution in [1.29, 1.82) is 0 Å². The molecule has 0 aromatic carbocycles. The SMILES string of the molecule is O=P(O)(O)Oc1cnccn1. The van der Waals surface area contributed by atoms with E-state index < -0.39 is 7.82 Å². The molecule has 0 saturated heterocycles. The van der Waals surface area contributed by atoms with Crippen molar-refractivity contribution >= 4 is 7.82 Å². The number of phosphoric ester groups is 1. The number of aromatic nitrogens is 2. The van der Waals surface area contributed by atoms with Crippen molar-refractivity contribution in [2.24, 2.45) is 0 Å². The summed E-state index contributed by atoms with van der Waals surface area (Å²) in [6.45, 7) is 0. The van der Waals surface area contributed by atoms with E-state index in [1.165, 1.54) is 12.4 Å². The number of rotatable bonds is 2. The second kappa shape index (κ2) is 2.96. The van der Waals surface area contributed by atoms with Gasteiger partial charge in [-0.05, 0) is 0 Å². The highest BCUT2D eigenvalue weighted by molar-refractivity contribution is 7.46. The van der Waals surface area contributed by atoms with Gasteiger partial charge in [0.15, 0.2) is 0 Å². The molecule has 0 fully saturated rings. The summed E-state index contributed by atoms with van der Waals surface area (Å²) in [5.74, 6) is -0.194. The monoisotopic (exact) mass is 176 g/mol. The van der Waals surface area contributed by atoms with E-state index in [4.69, 9.17) is 9.79 Å². The van der Waals surface area contributed by atoms with Crippen LogP contribution in [0.25, 0.3) is 0 Å². The first kappa shape index (κ1) is 8.13. The van der Waals surface area contributed by atoms with Gasteiger partial charge in [0.05, 0.1) is 6.20 Å². The van der Waals surface area contributed by atoms with E-state index in [1.807, 2.05) is 0 Å². The molecule has 0 atom stereocenters. The van der Waals surface area contributed by atoms with Crippen LogP contribution < -0.4 is 4.52 Å². The fourth-order valence-corrected chi connectivity index (χ4v) is 0.792. The maximum atomic E-state index is 10.2. The molecule has 0 aliphatic heterocycles. The van der Waals surface area contributed by atoms with Crippen molar-refractivity contribution in [2.75, 3.05) is 0 Å². The molecule has 0 bridgehead atoms. The molecule has 7 heteroatoms. The Morgan fingerprint density at radius 1 is 1.45 bits per heavy atom. The van der Waals surface area contributed by atoms with E-state index in [2.05, 4.69) is 14.5 Å². The van der Waals surface area contributed by atoms with Crippen LogP contribution in [0.15, 0.2) is 18.6 Å². The van der Waals surface area contributed by atoms with E-state index in [0.29, 0.717) is 0 Å². The first-order chi connectivity index (χ1) is 5.08. The first-order valence-corrected chi connectivity index (χ1v) is 4.12. The summed E-state index contributed by atoms with van der Waals surface area (Å²) in [7, 11) is -4.49. The molecule has 0 amide bonds. The summed E-state index contributed by atoms with van der Waals surface area (Å²) in [4.78, 5) is 23.6. The average Bonchev–Trinajstić information content (AvgIpc) is 1.85. The first-order valence-electron chi connectivity index (χ1n) is 2.59. The van der Waals surface area contributed by atoms with Gasteiger partial charge in [0.25, 0.3) is 0 Å². The minimum atomic E-state index is -4.49. The zero-order chi connectivity index (χ0) is 8.32. The molecular weight excluding hydrogens is 171 g/mol. The van der Waals surface area contributed by atoms with Crippen molar-refractivity contribution in [3.8, 4) is 5.88 Å². The second-order valence-corrected chi connectivity index (χ2v) is 2.79. The highest BCUT2D eigenvalue weighted by atomic mass is 31.2. The Balaban J connectivity index is 2.74. The molecule has 0 aliphatic rings. The maximum Gasteiger partial charge on any atom is 0.526 e. The van der Waals surface area contributed by atoms with Gasteiger partial charge in [-0.25, -0.2) is 9.55 Å². The Hall–Kier alpha value is -0.970. The summed E-state index contributed by atoms with van der Waals surface area (Å²) in [5, 5.41) is 0. The predicted molar refractivity (Wildman–Crippen MR) is 34.7 cm³/mol. The van der Waals surface area contributed by atoms with E-state index >= 15 is 0 Å². The molecule has 0 radical (unpaired) electrons. The molecule has 1 rings (SSSR count). The third kappa shape index (κ3) is 3.08. The second-order valence-electron chi connectivity index (χ2n) is 1.63. The summed E-state index contributed by atoms with van der Waals surface area (Å²) in [6.07, 6.45) is 3.75. The predicted octanol–water partition coefficient (Wildman–Crippen LogP) is -0.0519. The molecule has 1 aromatic heterocycles. The Kier molecular flexibility index (Phi) is 2.19. The maximum absolute atomic E-state index is 10.2. The molecule has 1 aromatic rings. The minimum absolute atomic E-state index is 0.194. The van der Waals surface area contributed by atoms with E-state index in [1.54, 1.807) is 0 Å². The number of phosphoric acid groups is 1. The van der Waals surface area contributed by atoms with Gasteiger partial charge >= 0.3 is 7.82 Å². The van der Waals surface area contributed by atoms with Crippen molar-refractivity contribution in [2.45, 2.75) is 0 Å². The Morgan fingerprint density at radius 2 is 2.18 bits per heavy atom. The quantitative estimate of drug-likeness (QED) is 0.613. The van der Waals surface area contributed by atoms with Gasteiger partial charge in [-0.15, -0.1) is 0 Å². The lowest BCUT2D eigenvalue weighted by Gasteiger charge is -2.02. The molecule has 1 heterocycles. The molecular formula is C4H5N2O4P. The lowest BCUT2D eigenvalue weighted by molar-refractivity contribution is 0.279. The van der Waals surface area contributed by atoms with Gasteiger partial charge in [-0.2, -0.15) is 0 Å². The molecule has 2 N–H and O–H groups in total. The highest BCUT2D eigenvalue weighted by Crippen LogP contribution is 2.35. The van der Waals surface area contributed by atoms with Crippen molar-refractivity contribution in [1.82, 2.24) is 9.97 Å². The molecule has 0 saturated carbocycles. The molecule has 60 valence electrons. The summed E-state index contributed by atoms with van der Waals surface area (Å²) in [5.41, 5.74) is 0.